The molecule has 0 amide bonds. The lowest BCUT2D eigenvalue weighted by atomic mass is 10.2. The van der Waals surface area contributed by atoms with Crippen LogP contribution in [0.25, 0.3) is 10.9 Å². The van der Waals surface area contributed by atoms with E-state index < -0.39 is 5.97 Å². The van der Waals surface area contributed by atoms with Gasteiger partial charge in [-0.15, -0.1) is 6.58 Å². The molecular weight excluding hydrogens is 228 g/mol. The van der Waals surface area contributed by atoms with Crippen LogP contribution < -0.4 is 10.2 Å². The molecule has 2 rings (SSSR count). The highest BCUT2D eigenvalue weighted by atomic mass is 16.7. The van der Waals surface area contributed by atoms with Crippen molar-refractivity contribution >= 4 is 22.6 Å². The molecule has 1 aromatic carbocycles. The number of hydrogen-bond acceptors (Lipinski definition) is 3. The minimum absolute atomic E-state index is 0.494. The third kappa shape index (κ3) is 2.27. The molecule has 0 unspecified atom stereocenters. The summed E-state index contributed by atoms with van der Waals surface area (Å²) in [7, 11) is 0. The Bertz CT molecular complexity index is 599. The number of nitrogens with one attached hydrogen (secondary N) is 1. The number of aromatic nitrogens is 1. The van der Waals surface area contributed by atoms with Crippen LogP contribution >= 0.6 is 0 Å². The third-order valence-electron chi connectivity index (χ3n) is 2.47. The minimum Gasteiger partial charge on any atom is -0.380 e. The first-order chi connectivity index (χ1) is 8.76. The van der Waals surface area contributed by atoms with E-state index in [1.807, 2.05) is 24.3 Å². The fourth-order valence-electron chi connectivity index (χ4n) is 1.68. The van der Waals surface area contributed by atoms with E-state index in [1.54, 1.807) is 12.3 Å². The first kappa shape index (κ1) is 12.0. The predicted octanol–water partition coefficient (Wildman–Crippen LogP) is 2.38. The quantitative estimate of drug-likeness (QED) is 0.646. The molecule has 0 radical (unpaired) electrons. The molecule has 0 bridgehead atoms. The fraction of sp³-hybridized carbons (Fsp3) is 0.0714. The van der Waals surface area contributed by atoms with E-state index in [-0.39, 0.29) is 0 Å². The Labute approximate surface area is 105 Å². The van der Waals surface area contributed by atoms with Crippen molar-refractivity contribution < 1.29 is 9.63 Å². The van der Waals surface area contributed by atoms with Crippen LogP contribution in [0.5, 0.6) is 0 Å². The lowest BCUT2D eigenvalue weighted by Gasteiger charge is -2.02. The molecular formula is C14H14N2O2. The van der Waals surface area contributed by atoms with Crippen LogP contribution in [-0.2, 0) is 4.79 Å². The number of nitrogens with zero attached hydrogens (tertiary/aromatic N) is 1. The van der Waals surface area contributed by atoms with Gasteiger partial charge in [0.15, 0.2) is 0 Å². The second-order valence-electron chi connectivity index (χ2n) is 3.67. The Balaban J connectivity index is 2.43. The number of rotatable bonds is 5. The van der Waals surface area contributed by atoms with Crippen molar-refractivity contribution in [2.24, 2.45) is 0 Å². The average molecular weight is 242 g/mol. The first-order valence-electron chi connectivity index (χ1n) is 5.56. The molecule has 4 heteroatoms. The van der Waals surface area contributed by atoms with Gasteiger partial charge in [-0.1, -0.05) is 30.9 Å². The number of carbonyl (C=O) groups excluding carboxylic acids is 1. The van der Waals surface area contributed by atoms with Crippen LogP contribution in [0.4, 0.5) is 5.69 Å². The van der Waals surface area contributed by atoms with Gasteiger partial charge in [-0.2, -0.15) is 4.73 Å². The van der Waals surface area contributed by atoms with Crippen molar-refractivity contribution in [2.45, 2.75) is 0 Å². The van der Waals surface area contributed by atoms with Gasteiger partial charge < -0.3 is 10.2 Å². The molecule has 2 aromatic rings. The highest BCUT2D eigenvalue weighted by molar-refractivity contribution is 5.93. The standard InChI is InChI=1S/C14H14N2O2/c1-3-9-15-12-10-16(18-14(17)4-2)13-8-6-5-7-11(12)13/h3-8,10,15H,1-2,9H2. The van der Waals surface area contributed by atoms with Gasteiger partial charge in [-0.3, -0.25) is 0 Å². The smallest absolute Gasteiger partial charge is 0.355 e. The summed E-state index contributed by atoms with van der Waals surface area (Å²) in [5.74, 6) is -0.494. The summed E-state index contributed by atoms with van der Waals surface area (Å²) in [6, 6.07) is 7.66. The summed E-state index contributed by atoms with van der Waals surface area (Å²) >= 11 is 0. The van der Waals surface area contributed by atoms with Gasteiger partial charge in [0.1, 0.15) is 0 Å². The summed E-state index contributed by atoms with van der Waals surface area (Å²) < 4.78 is 1.44. The minimum atomic E-state index is -0.494. The molecule has 0 atom stereocenters. The van der Waals surface area contributed by atoms with E-state index in [4.69, 9.17) is 4.84 Å². The van der Waals surface area contributed by atoms with E-state index in [2.05, 4.69) is 18.5 Å². The van der Waals surface area contributed by atoms with Crippen LogP contribution in [0.1, 0.15) is 0 Å². The predicted molar refractivity (Wildman–Crippen MR) is 72.4 cm³/mol. The summed E-state index contributed by atoms with van der Waals surface area (Å²) in [6.45, 7) is 7.68. The molecule has 0 saturated heterocycles. The van der Waals surface area contributed by atoms with Gasteiger partial charge in [0.25, 0.3) is 0 Å². The first-order valence-corrected chi connectivity index (χ1v) is 5.56. The topological polar surface area (TPSA) is 43.3 Å². The molecule has 1 aromatic heterocycles. The Morgan fingerprint density at radius 1 is 1.39 bits per heavy atom. The fourth-order valence-corrected chi connectivity index (χ4v) is 1.68. The van der Waals surface area contributed by atoms with Crippen LogP contribution in [0, 0.1) is 0 Å². The summed E-state index contributed by atoms with van der Waals surface area (Å²) in [6.07, 6.45) is 4.63. The zero-order valence-electron chi connectivity index (χ0n) is 9.93. The van der Waals surface area contributed by atoms with E-state index in [0.29, 0.717) is 6.54 Å². The zero-order valence-corrected chi connectivity index (χ0v) is 9.93. The van der Waals surface area contributed by atoms with Crippen LogP contribution in [0.3, 0.4) is 0 Å². The number of fused-ring (bicyclic) bond motifs is 1. The molecule has 4 nitrogen and oxygen atoms in total. The maximum atomic E-state index is 11.3. The molecule has 0 aliphatic rings. The van der Waals surface area contributed by atoms with Crippen molar-refractivity contribution in [3.8, 4) is 0 Å². The van der Waals surface area contributed by atoms with Gasteiger partial charge >= 0.3 is 5.97 Å². The van der Waals surface area contributed by atoms with Crippen LogP contribution in [0.15, 0.2) is 55.8 Å². The largest absolute Gasteiger partial charge is 0.380 e. The lowest BCUT2D eigenvalue weighted by molar-refractivity contribution is -0.137. The van der Waals surface area contributed by atoms with Gasteiger partial charge in [0, 0.05) is 18.0 Å². The number of anilines is 1. The van der Waals surface area contributed by atoms with Crippen molar-refractivity contribution in [3.05, 3.63) is 55.8 Å². The number of benzene rings is 1. The molecule has 0 saturated carbocycles. The van der Waals surface area contributed by atoms with Crippen LogP contribution in [-0.4, -0.2) is 17.2 Å². The SMILES string of the molecule is C=CCNc1cn(OC(=O)C=C)c2ccccc12. The molecule has 92 valence electrons. The molecule has 18 heavy (non-hydrogen) atoms. The van der Waals surface area contributed by atoms with Crippen molar-refractivity contribution in [3.63, 3.8) is 0 Å². The molecule has 0 aliphatic heterocycles. The third-order valence-corrected chi connectivity index (χ3v) is 2.47. The van der Waals surface area contributed by atoms with E-state index in [0.717, 1.165) is 22.7 Å². The molecule has 0 aliphatic carbocycles. The van der Waals surface area contributed by atoms with Gasteiger partial charge in [-0.05, 0) is 6.07 Å². The summed E-state index contributed by atoms with van der Waals surface area (Å²) in [5.41, 5.74) is 1.71. The number of carbonyl (C=O) groups is 1. The average Bonchev–Trinajstić information content (AvgIpc) is 2.75. The molecule has 0 spiro atoms. The summed E-state index contributed by atoms with van der Waals surface area (Å²) in [4.78, 5) is 16.4. The van der Waals surface area contributed by atoms with E-state index >= 15 is 0 Å². The Hall–Kier alpha value is -2.49. The highest BCUT2D eigenvalue weighted by Gasteiger charge is 2.09. The Kier molecular flexibility index (Phi) is 3.48. The zero-order chi connectivity index (χ0) is 13.0. The van der Waals surface area contributed by atoms with Crippen LogP contribution in [0.2, 0.25) is 0 Å². The van der Waals surface area contributed by atoms with E-state index in [1.165, 1.54) is 4.73 Å². The van der Waals surface area contributed by atoms with Gasteiger partial charge in [0.05, 0.1) is 17.4 Å². The van der Waals surface area contributed by atoms with Gasteiger partial charge in [0.2, 0.25) is 0 Å². The highest BCUT2D eigenvalue weighted by Crippen LogP contribution is 2.24. The Morgan fingerprint density at radius 3 is 2.89 bits per heavy atom. The number of para-hydroxylation sites is 1. The second-order valence-corrected chi connectivity index (χ2v) is 3.67. The maximum Gasteiger partial charge on any atom is 0.355 e. The van der Waals surface area contributed by atoms with Crippen molar-refractivity contribution in [2.75, 3.05) is 11.9 Å². The maximum absolute atomic E-state index is 11.3. The van der Waals surface area contributed by atoms with Gasteiger partial charge in [-0.25, -0.2) is 4.79 Å². The molecule has 0 fully saturated rings. The second kappa shape index (κ2) is 5.23. The normalized spacial score (nSPS) is 10.0. The monoisotopic (exact) mass is 242 g/mol. The lowest BCUT2D eigenvalue weighted by Crippen LogP contribution is -2.16. The summed E-state index contributed by atoms with van der Waals surface area (Å²) in [5, 5.41) is 4.18. The van der Waals surface area contributed by atoms with E-state index in [9.17, 15) is 4.79 Å². The molecule has 1 N–H and O–H groups in total. The number of hydrogen-bond donors (Lipinski definition) is 1. The van der Waals surface area contributed by atoms with Crippen molar-refractivity contribution in [1.29, 1.82) is 0 Å². The Morgan fingerprint density at radius 2 is 2.17 bits per heavy atom. The van der Waals surface area contributed by atoms with Crippen molar-refractivity contribution in [1.82, 2.24) is 4.73 Å². The molecule has 1 heterocycles.